The van der Waals surface area contributed by atoms with Crippen LogP contribution in [0.4, 0.5) is 0 Å². The second kappa shape index (κ2) is 4.77. The van der Waals surface area contributed by atoms with E-state index in [0.717, 1.165) is 18.4 Å². The fraction of sp³-hybridized carbons (Fsp3) is 0.545. The molecule has 0 spiro atoms. The Balaban J connectivity index is 2.14. The van der Waals surface area contributed by atoms with Gasteiger partial charge in [-0.25, -0.2) is 5.48 Å². The second-order valence-corrected chi connectivity index (χ2v) is 4.59. The van der Waals surface area contributed by atoms with E-state index in [0.29, 0.717) is 6.61 Å². The van der Waals surface area contributed by atoms with Crippen LogP contribution in [0, 0.1) is 0 Å². The first-order valence-electron chi connectivity index (χ1n) is 5.34. The quantitative estimate of drug-likeness (QED) is 0.802. The lowest BCUT2D eigenvalue weighted by atomic mass is 9.96. The Kier molecular flexibility index (Phi) is 3.38. The highest BCUT2D eigenvalue weighted by atomic mass is 32.1. The van der Waals surface area contributed by atoms with Crippen LogP contribution in [0.5, 0.6) is 0 Å². The molecule has 4 heteroatoms. The van der Waals surface area contributed by atoms with Gasteiger partial charge in [0.25, 0.3) is 5.91 Å². The lowest BCUT2D eigenvalue weighted by Crippen LogP contribution is -2.24. The van der Waals surface area contributed by atoms with Crippen molar-refractivity contribution in [2.24, 2.45) is 0 Å². The molecule has 1 aromatic rings. The summed E-state index contributed by atoms with van der Waals surface area (Å²) < 4.78 is 0. The lowest BCUT2D eigenvalue weighted by molar-refractivity contribution is 0.0364. The summed E-state index contributed by atoms with van der Waals surface area (Å²) in [6.07, 6.45) is 4.61. The molecular weight excluding hydrogens is 210 g/mol. The molecule has 0 radical (unpaired) electrons. The van der Waals surface area contributed by atoms with Gasteiger partial charge in [-0.05, 0) is 38.2 Å². The number of amides is 1. The SMILES string of the molecule is CCONC(=O)c1csc2c1CCCC2. The molecular formula is C11H15NO2S. The molecule has 0 bridgehead atoms. The highest BCUT2D eigenvalue weighted by molar-refractivity contribution is 7.10. The van der Waals surface area contributed by atoms with Crippen LogP contribution in [0.15, 0.2) is 5.38 Å². The monoisotopic (exact) mass is 225 g/mol. The number of carbonyl (C=O) groups excluding carboxylic acids is 1. The zero-order chi connectivity index (χ0) is 10.7. The van der Waals surface area contributed by atoms with E-state index < -0.39 is 0 Å². The zero-order valence-corrected chi connectivity index (χ0v) is 9.65. The Morgan fingerprint density at radius 1 is 1.53 bits per heavy atom. The molecule has 0 fully saturated rings. The number of rotatable bonds is 3. The fourth-order valence-electron chi connectivity index (χ4n) is 1.88. The first-order valence-corrected chi connectivity index (χ1v) is 6.22. The van der Waals surface area contributed by atoms with Gasteiger partial charge in [0.1, 0.15) is 0 Å². The van der Waals surface area contributed by atoms with Crippen molar-refractivity contribution in [3.8, 4) is 0 Å². The van der Waals surface area contributed by atoms with Crippen LogP contribution < -0.4 is 5.48 Å². The minimum atomic E-state index is -0.101. The Morgan fingerprint density at radius 3 is 3.13 bits per heavy atom. The maximum absolute atomic E-state index is 11.7. The Labute approximate surface area is 93.4 Å². The van der Waals surface area contributed by atoms with Gasteiger partial charge >= 0.3 is 0 Å². The number of carbonyl (C=O) groups is 1. The zero-order valence-electron chi connectivity index (χ0n) is 8.84. The molecule has 15 heavy (non-hydrogen) atoms. The van der Waals surface area contributed by atoms with Crippen LogP contribution in [0.2, 0.25) is 0 Å². The molecule has 2 rings (SSSR count). The Hall–Kier alpha value is -0.870. The van der Waals surface area contributed by atoms with E-state index in [9.17, 15) is 4.79 Å². The summed E-state index contributed by atoms with van der Waals surface area (Å²) in [5.41, 5.74) is 4.50. The van der Waals surface area contributed by atoms with Crippen molar-refractivity contribution in [3.05, 3.63) is 21.4 Å². The van der Waals surface area contributed by atoms with E-state index >= 15 is 0 Å². The average molecular weight is 225 g/mol. The summed E-state index contributed by atoms with van der Waals surface area (Å²) in [5, 5.41) is 1.95. The van der Waals surface area contributed by atoms with Crippen molar-refractivity contribution in [3.63, 3.8) is 0 Å². The van der Waals surface area contributed by atoms with Crippen molar-refractivity contribution >= 4 is 17.2 Å². The highest BCUT2D eigenvalue weighted by Crippen LogP contribution is 2.29. The van der Waals surface area contributed by atoms with Crippen LogP contribution in [-0.4, -0.2) is 12.5 Å². The molecule has 1 aromatic heterocycles. The van der Waals surface area contributed by atoms with Crippen LogP contribution >= 0.6 is 11.3 Å². The van der Waals surface area contributed by atoms with Crippen molar-refractivity contribution < 1.29 is 9.63 Å². The maximum atomic E-state index is 11.7. The number of nitrogens with one attached hydrogen (secondary N) is 1. The molecule has 1 heterocycles. The molecule has 1 N–H and O–H groups in total. The van der Waals surface area contributed by atoms with Crippen molar-refractivity contribution in [2.75, 3.05) is 6.61 Å². The summed E-state index contributed by atoms with van der Waals surface area (Å²) >= 11 is 1.70. The lowest BCUT2D eigenvalue weighted by Gasteiger charge is -2.12. The number of hydroxylamine groups is 1. The van der Waals surface area contributed by atoms with Gasteiger partial charge < -0.3 is 0 Å². The molecule has 0 saturated carbocycles. The van der Waals surface area contributed by atoms with E-state index in [1.807, 2.05) is 12.3 Å². The maximum Gasteiger partial charge on any atom is 0.275 e. The normalized spacial score (nSPS) is 14.7. The first kappa shape index (κ1) is 10.6. The summed E-state index contributed by atoms with van der Waals surface area (Å²) in [4.78, 5) is 18.0. The molecule has 82 valence electrons. The Morgan fingerprint density at radius 2 is 2.33 bits per heavy atom. The first-order chi connectivity index (χ1) is 7.33. The fourth-order valence-corrected chi connectivity index (χ4v) is 3.00. The summed E-state index contributed by atoms with van der Waals surface area (Å²) in [7, 11) is 0. The molecule has 1 amide bonds. The topological polar surface area (TPSA) is 38.3 Å². The van der Waals surface area contributed by atoms with E-state index in [2.05, 4.69) is 5.48 Å². The number of aryl methyl sites for hydroxylation is 1. The average Bonchev–Trinajstić information content (AvgIpc) is 2.69. The predicted octanol–water partition coefficient (Wildman–Crippen LogP) is 2.31. The Bertz CT molecular complexity index is 359. The second-order valence-electron chi connectivity index (χ2n) is 3.62. The molecule has 0 atom stereocenters. The van der Waals surface area contributed by atoms with Gasteiger partial charge in [0.15, 0.2) is 0 Å². The largest absolute Gasteiger partial charge is 0.275 e. The molecule has 1 aliphatic carbocycles. The third-order valence-electron chi connectivity index (χ3n) is 2.62. The summed E-state index contributed by atoms with van der Waals surface area (Å²) in [6.45, 7) is 2.35. The van der Waals surface area contributed by atoms with E-state index in [1.165, 1.54) is 23.3 Å². The third kappa shape index (κ3) is 2.21. The van der Waals surface area contributed by atoms with Crippen molar-refractivity contribution in [1.82, 2.24) is 5.48 Å². The summed E-state index contributed by atoms with van der Waals surface area (Å²) in [5.74, 6) is -0.101. The molecule has 0 aliphatic heterocycles. The van der Waals surface area contributed by atoms with Gasteiger partial charge in [-0.2, -0.15) is 0 Å². The van der Waals surface area contributed by atoms with Crippen molar-refractivity contribution in [1.29, 1.82) is 0 Å². The number of thiophene rings is 1. The predicted molar refractivity (Wildman–Crippen MR) is 60.1 cm³/mol. The molecule has 0 saturated heterocycles. The summed E-state index contributed by atoms with van der Waals surface area (Å²) in [6, 6.07) is 0. The van der Waals surface area contributed by atoms with Gasteiger partial charge in [-0.15, -0.1) is 11.3 Å². The van der Waals surface area contributed by atoms with Crippen LogP contribution in [0.1, 0.15) is 40.6 Å². The van der Waals surface area contributed by atoms with Crippen LogP contribution in [-0.2, 0) is 17.7 Å². The van der Waals surface area contributed by atoms with Gasteiger partial charge in [0.05, 0.1) is 12.2 Å². The van der Waals surface area contributed by atoms with Gasteiger partial charge in [-0.1, -0.05) is 0 Å². The minimum absolute atomic E-state index is 0.101. The molecule has 1 aliphatic rings. The molecule has 0 unspecified atom stereocenters. The van der Waals surface area contributed by atoms with E-state index in [-0.39, 0.29) is 5.91 Å². The number of hydrogen-bond acceptors (Lipinski definition) is 3. The molecule has 0 aromatic carbocycles. The van der Waals surface area contributed by atoms with Gasteiger partial charge in [0.2, 0.25) is 0 Å². The van der Waals surface area contributed by atoms with Gasteiger partial charge in [-0.3, -0.25) is 9.63 Å². The minimum Gasteiger partial charge on any atom is -0.274 e. The molecule has 3 nitrogen and oxygen atoms in total. The smallest absolute Gasteiger partial charge is 0.274 e. The standard InChI is InChI=1S/C11H15NO2S/c1-2-14-12-11(13)9-7-15-10-6-4-3-5-8(9)10/h7H,2-6H2,1H3,(H,12,13). The third-order valence-corrected chi connectivity index (χ3v) is 3.70. The van der Waals surface area contributed by atoms with E-state index in [4.69, 9.17) is 4.84 Å². The number of fused-ring (bicyclic) bond motifs is 1. The van der Waals surface area contributed by atoms with Crippen LogP contribution in [0.3, 0.4) is 0 Å². The van der Waals surface area contributed by atoms with Crippen molar-refractivity contribution in [2.45, 2.75) is 32.6 Å². The van der Waals surface area contributed by atoms with Gasteiger partial charge in [0, 0.05) is 10.3 Å². The van der Waals surface area contributed by atoms with E-state index in [1.54, 1.807) is 11.3 Å². The highest BCUT2D eigenvalue weighted by Gasteiger charge is 2.19. The van der Waals surface area contributed by atoms with Crippen LogP contribution in [0.25, 0.3) is 0 Å². The number of hydrogen-bond donors (Lipinski definition) is 1.